The first-order valence-electron chi connectivity index (χ1n) is 39.5. The molecule has 0 bridgehead atoms. The van der Waals surface area contributed by atoms with Gasteiger partial charge in [0.1, 0.15) is 0 Å². The minimum atomic E-state index is -4.40. The first kappa shape index (κ1) is 102. The predicted octanol–water partition coefficient (Wildman–Crippen LogP) is 24.0. The van der Waals surface area contributed by atoms with Gasteiger partial charge in [0.2, 0.25) is 0 Å². The molecule has 2 aliphatic heterocycles. The highest BCUT2D eigenvalue weighted by Gasteiger charge is 2.36. The van der Waals surface area contributed by atoms with Crippen molar-refractivity contribution in [1.82, 2.24) is 71.0 Å². The zero-order valence-corrected chi connectivity index (χ0v) is 81.4. The normalized spacial score (nSPS) is 13.7. The Kier molecular flexibility index (Phi) is 37.8. The first-order valence-corrected chi connectivity index (χ1v) is 44.9. The summed E-state index contributed by atoms with van der Waals surface area (Å²) in [6, 6.07) is 41.3. The predicted molar refractivity (Wildman–Crippen MR) is 505 cm³/mol. The van der Waals surface area contributed by atoms with Crippen molar-refractivity contribution in [2.75, 3.05) is 110 Å². The van der Waals surface area contributed by atoms with Crippen LogP contribution < -0.4 is 26.6 Å². The van der Waals surface area contributed by atoms with E-state index in [9.17, 15) is 39.5 Å². The summed E-state index contributed by atoms with van der Waals surface area (Å²) in [4.78, 5) is 8.35. The van der Waals surface area contributed by atoms with Crippen LogP contribution in [0.4, 0.5) is 56.8 Å². The number of fused-ring (bicyclic) bond motifs is 5. The summed E-state index contributed by atoms with van der Waals surface area (Å²) in [6.45, 7) is 20.5. The Bertz CT molecular complexity index is 5870. The SMILES string of the molecule is C1COCCN1.CN(C)Cc1nnc(Cl)c2cc(Br)ccc12.Cc1c([C@@H](C)N)cccc1C(F)(F)F.Cc1c([C@@H](C)Nc2nnc(CN(C)C)c3ccc(Br)cc23)cccc1C(F)(F)F.Cc1c([C@@H](C)Nc2nnc(CN(C)C)c3ccc(N4CCOCC4)cc23)cccc1C(F)(F)F.Cc1nnc(Cl)c2cc(Br)ccc12.Clc1nnc(CBr)c2ccc(Br)cc12. The summed E-state index contributed by atoms with van der Waals surface area (Å²) in [6.07, 6.45) is -13.1. The lowest BCUT2D eigenvalue weighted by molar-refractivity contribution is -0.138. The van der Waals surface area contributed by atoms with Crippen molar-refractivity contribution in [1.29, 1.82) is 0 Å². The number of nitrogens with one attached hydrogen (secondary N) is 3. The molecular formula is C89H95Br5Cl3F9N18O2. The van der Waals surface area contributed by atoms with Crippen LogP contribution in [0.5, 0.6) is 0 Å². The average Bonchev–Trinajstić information content (AvgIpc) is 0.776. The van der Waals surface area contributed by atoms with E-state index in [0.29, 0.717) is 75.4 Å². The summed E-state index contributed by atoms with van der Waals surface area (Å²) in [5.41, 5.74) is 11.5. The van der Waals surface area contributed by atoms with Crippen LogP contribution in [0.25, 0.3) is 53.9 Å². The second-order valence-electron chi connectivity index (χ2n) is 30.3. The van der Waals surface area contributed by atoms with Crippen LogP contribution in [0.1, 0.15) is 117 Å². The lowest BCUT2D eigenvalue weighted by Gasteiger charge is -2.29. The van der Waals surface area contributed by atoms with Gasteiger partial charge in [-0.05, 0) is 203 Å². The van der Waals surface area contributed by atoms with Crippen molar-refractivity contribution < 1.29 is 49.0 Å². The molecule has 13 aromatic rings. The Balaban J connectivity index is 0.000000175. The number of alkyl halides is 10. The number of aryl methyl sites for hydroxylation is 1. The van der Waals surface area contributed by atoms with E-state index in [2.05, 4.69) is 175 Å². The first-order chi connectivity index (χ1) is 59.5. The zero-order chi connectivity index (χ0) is 92.2. The number of hydrogen-bond donors (Lipinski definition) is 4. The molecule has 2 aliphatic rings. The standard InChI is InChI=1S/C25H30F3N5O.C21H22BrF3N4.C11H11BrClN3.C10H12F3N.C9H5Br2ClN2.C9H6BrClN2.C4H9NO/c1-16-19(6-5-7-22(16)25(26,27)28)17(2)29-24-21-14-18(33-10-12-34-13-11-33)8-9-20(21)23(30-31-24)15-32(3)4;1-12-15(6-5-7-18(12)21(23,24)25)13(2)26-20-17-10-14(22)8-9-16(17)19(27-28-20)11-29(3)4;1-16(2)6-10-8-4-3-7(12)5-9(8)11(13)15-14-10;1-6-8(7(2)14)4-3-5-9(6)10(11,12)13;10-4-8-6-2-1-5(11)3-7(6)9(12)14-13-8;1-5-7-3-2-6(10)4-8(7)9(11)13-12-5;1-3-6-4-2-5-1/h5-9,14,17H,10-13,15H2,1-4H3,(H,29,31);5-10,13H,11H2,1-4H3,(H,26,28);3-5H,6H2,1-2H3;3-5,7H,14H2,1-2H3;1-3H,4H2;2-4H,1H3;5H,1-4H2/t17-;13-;;7-;;;/m11.1.../s1. The number of nitrogens with zero attached hydrogens (tertiary/aromatic N) is 14. The van der Waals surface area contributed by atoms with Crippen molar-refractivity contribution >= 4 is 186 Å². The van der Waals surface area contributed by atoms with Gasteiger partial charge in [0, 0.05) is 135 Å². The van der Waals surface area contributed by atoms with Crippen LogP contribution >= 0.6 is 114 Å². The fourth-order valence-corrected chi connectivity index (χ4v) is 16.3. The topological polar surface area (TPSA) is 222 Å². The Morgan fingerprint density at radius 1 is 0.413 bits per heavy atom. The molecule has 2 saturated heterocycles. The largest absolute Gasteiger partial charge is 0.416 e. The van der Waals surface area contributed by atoms with E-state index in [1.807, 2.05) is 146 Å². The van der Waals surface area contributed by atoms with Gasteiger partial charge in [-0.1, -0.05) is 181 Å². The molecule has 0 saturated carbocycles. The molecule has 0 unspecified atom stereocenters. The number of anilines is 3. The molecule has 0 spiro atoms. The van der Waals surface area contributed by atoms with E-state index in [1.54, 1.807) is 25.1 Å². The third-order valence-corrected chi connectivity index (χ3v) is 23.3. The van der Waals surface area contributed by atoms with Gasteiger partial charge in [-0.25, -0.2) is 0 Å². The fourth-order valence-electron chi connectivity index (χ4n) is 13.9. The molecule has 0 amide bonds. The Morgan fingerprint density at radius 3 is 1.11 bits per heavy atom. The highest BCUT2D eigenvalue weighted by atomic mass is 79.9. The monoisotopic (exact) mass is 2120 g/mol. The number of hydrogen-bond acceptors (Lipinski definition) is 20. The van der Waals surface area contributed by atoms with Gasteiger partial charge in [0.05, 0.1) is 83.7 Å². The number of morpholine rings is 2. The maximum absolute atomic E-state index is 13.4. The number of aromatic nitrogens is 10. The van der Waals surface area contributed by atoms with Gasteiger partial charge in [-0.2, -0.15) is 65.0 Å². The molecular weight excluding hydrogens is 2030 g/mol. The number of nitrogens with two attached hydrogens (primary N) is 1. The van der Waals surface area contributed by atoms with Crippen molar-refractivity contribution in [2.45, 2.75) is 110 Å². The molecule has 5 aromatic heterocycles. The van der Waals surface area contributed by atoms with Crippen molar-refractivity contribution in [3.05, 3.63) is 257 Å². The number of rotatable bonds is 15. The zero-order valence-electron chi connectivity index (χ0n) is 71.2. The van der Waals surface area contributed by atoms with Crippen LogP contribution in [-0.4, -0.2) is 161 Å². The third-order valence-electron chi connectivity index (χ3n) is 20.0. The number of ether oxygens (including phenoxy) is 2. The van der Waals surface area contributed by atoms with Gasteiger partial charge in [-0.3, -0.25) is 0 Å². The molecule has 672 valence electrons. The van der Waals surface area contributed by atoms with Gasteiger partial charge in [-0.15, -0.1) is 25.5 Å². The van der Waals surface area contributed by atoms with Gasteiger partial charge < -0.3 is 50.8 Å². The molecule has 20 nitrogen and oxygen atoms in total. The van der Waals surface area contributed by atoms with Crippen LogP contribution in [0.15, 0.2) is 163 Å². The molecule has 15 rings (SSSR count). The summed E-state index contributed by atoms with van der Waals surface area (Å²) in [5, 5.41) is 62.7. The molecule has 3 atom stereocenters. The summed E-state index contributed by atoms with van der Waals surface area (Å²) >= 11 is 34.9. The average molecular weight is 2130 g/mol. The van der Waals surface area contributed by atoms with Crippen LogP contribution in [0.2, 0.25) is 15.5 Å². The molecule has 5 N–H and O–H groups in total. The Morgan fingerprint density at radius 2 is 0.738 bits per heavy atom. The van der Waals surface area contributed by atoms with E-state index in [1.165, 1.54) is 39.0 Å². The maximum Gasteiger partial charge on any atom is 0.416 e. The van der Waals surface area contributed by atoms with E-state index >= 15 is 0 Å². The highest BCUT2D eigenvalue weighted by molar-refractivity contribution is 9.11. The van der Waals surface area contributed by atoms with Crippen LogP contribution in [-0.2, 0) is 53.0 Å². The van der Waals surface area contributed by atoms with Crippen molar-refractivity contribution in [2.24, 2.45) is 5.73 Å². The second kappa shape index (κ2) is 46.7. The van der Waals surface area contributed by atoms with Crippen molar-refractivity contribution in [3.8, 4) is 0 Å². The number of halogens is 17. The minimum Gasteiger partial charge on any atom is -0.379 e. The molecule has 37 heteroatoms. The van der Waals surface area contributed by atoms with Crippen LogP contribution in [0, 0.1) is 27.7 Å². The number of benzene rings is 8. The lowest BCUT2D eigenvalue weighted by Crippen LogP contribution is -2.36. The van der Waals surface area contributed by atoms with E-state index < -0.39 is 41.3 Å². The van der Waals surface area contributed by atoms with Gasteiger partial charge >= 0.3 is 18.5 Å². The van der Waals surface area contributed by atoms with Gasteiger partial charge in [0.25, 0.3) is 0 Å². The molecule has 126 heavy (non-hydrogen) atoms. The Hall–Kier alpha value is -7.78. The highest BCUT2D eigenvalue weighted by Crippen LogP contribution is 2.41. The van der Waals surface area contributed by atoms with Gasteiger partial charge in [0.15, 0.2) is 27.1 Å². The van der Waals surface area contributed by atoms with Crippen molar-refractivity contribution in [3.63, 3.8) is 0 Å². The van der Waals surface area contributed by atoms with Crippen LogP contribution in [0.3, 0.4) is 0 Å². The summed E-state index contributed by atoms with van der Waals surface area (Å²) in [7, 11) is 11.9. The smallest absolute Gasteiger partial charge is 0.379 e. The molecule has 7 heterocycles. The molecule has 2 fully saturated rings. The lowest BCUT2D eigenvalue weighted by atomic mass is 9.97. The molecule has 0 radical (unpaired) electrons. The Labute approximate surface area is 783 Å². The van der Waals surface area contributed by atoms with E-state index in [-0.39, 0.29) is 28.8 Å². The molecule has 0 aliphatic carbocycles. The van der Waals surface area contributed by atoms with E-state index in [0.717, 1.165) is 170 Å². The maximum atomic E-state index is 13.4. The molecule has 8 aromatic carbocycles. The third kappa shape index (κ3) is 28.1. The summed E-state index contributed by atoms with van der Waals surface area (Å²) in [5.74, 6) is 1.09. The minimum absolute atomic E-state index is 0.211. The summed E-state index contributed by atoms with van der Waals surface area (Å²) < 4.78 is 132. The van der Waals surface area contributed by atoms with E-state index in [4.69, 9.17) is 50.0 Å². The fraction of sp³-hybridized carbons (Fsp3) is 0.348. The second-order valence-corrected chi connectivity index (χ2v) is 35.6. The quantitative estimate of drug-likeness (QED) is 0.0553.